The van der Waals surface area contributed by atoms with E-state index in [2.05, 4.69) is 24.0 Å². The van der Waals surface area contributed by atoms with Crippen molar-refractivity contribution in [2.24, 2.45) is 0 Å². The number of rotatable bonds is 7. The lowest BCUT2D eigenvalue weighted by Crippen LogP contribution is -2.18. The van der Waals surface area contributed by atoms with Gasteiger partial charge in [0.1, 0.15) is 23.5 Å². The summed E-state index contributed by atoms with van der Waals surface area (Å²) in [6.07, 6.45) is 3.72. The third-order valence-electron chi connectivity index (χ3n) is 3.87. The van der Waals surface area contributed by atoms with Crippen LogP contribution in [-0.4, -0.2) is 13.7 Å². The van der Waals surface area contributed by atoms with Crippen LogP contribution in [0.1, 0.15) is 25.3 Å². The lowest BCUT2D eigenvalue weighted by Gasteiger charge is -2.25. The minimum Gasteiger partial charge on any atom is -0.496 e. The monoisotopic (exact) mass is 331 g/mol. The van der Waals surface area contributed by atoms with Gasteiger partial charge in [0.25, 0.3) is 0 Å². The minimum absolute atomic E-state index is 0.0527. The first-order chi connectivity index (χ1) is 12.2. The number of nitriles is 2. The quantitative estimate of drug-likeness (QED) is 0.665. The van der Waals surface area contributed by atoms with Gasteiger partial charge >= 0.3 is 0 Å². The van der Waals surface area contributed by atoms with Crippen LogP contribution in [0.4, 0.5) is 11.4 Å². The smallest absolute Gasteiger partial charge is 0.130 e. The predicted molar refractivity (Wildman–Crippen MR) is 101 cm³/mol. The lowest BCUT2D eigenvalue weighted by molar-refractivity contribution is 0.414. The molecule has 0 aromatic heterocycles. The number of anilines is 2. The largest absolute Gasteiger partial charge is 0.496 e. The molecule has 0 heterocycles. The molecule has 0 amide bonds. The Bertz CT molecular complexity index is 797. The molecule has 0 radical (unpaired) electrons. The van der Waals surface area contributed by atoms with E-state index in [0.29, 0.717) is 11.3 Å². The molecule has 0 atom stereocenters. The summed E-state index contributed by atoms with van der Waals surface area (Å²) in [4.78, 5) is 2.25. The average molecular weight is 331 g/mol. The van der Waals surface area contributed by atoms with Crippen LogP contribution in [-0.2, 0) is 0 Å². The molecule has 2 rings (SSSR count). The highest BCUT2D eigenvalue weighted by atomic mass is 16.5. The van der Waals surface area contributed by atoms with Crippen molar-refractivity contribution >= 4 is 17.5 Å². The van der Waals surface area contributed by atoms with E-state index in [0.717, 1.165) is 30.8 Å². The highest BCUT2D eigenvalue weighted by Crippen LogP contribution is 2.32. The number of ether oxygens (including phenoxy) is 1. The van der Waals surface area contributed by atoms with Gasteiger partial charge in [-0.15, -0.1) is 0 Å². The molecular weight excluding hydrogens is 310 g/mol. The van der Waals surface area contributed by atoms with E-state index in [-0.39, 0.29) is 5.57 Å². The van der Waals surface area contributed by atoms with E-state index in [4.69, 9.17) is 15.3 Å². The first kappa shape index (κ1) is 18.1. The van der Waals surface area contributed by atoms with Gasteiger partial charge in [-0.2, -0.15) is 10.5 Å². The highest BCUT2D eigenvalue weighted by molar-refractivity contribution is 5.72. The summed E-state index contributed by atoms with van der Waals surface area (Å²) in [5.41, 5.74) is 2.91. The second-order valence-electron chi connectivity index (χ2n) is 5.55. The fourth-order valence-electron chi connectivity index (χ4n) is 2.56. The molecule has 0 aliphatic carbocycles. The van der Waals surface area contributed by atoms with Crippen LogP contribution < -0.4 is 9.64 Å². The van der Waals surface area contributed by atoms with Gasteiger partial charge < -0.3 is 9.64 Å². The molecule has 126 valence electrons. The minimum atomic E-state index is 0.0527. The van der Waals surface area contributed by atoms with Crippen LogP contribution in [0.15, 0.2) is 54.1 Å². The van der Waals surface area contributed by atoms with E-state index < -0.39 is 0 Å². The molecule has 0 aliphatic heterocycles. The number of benzene rings is 2. The molecule has 25 heavy (non-hydrogen) atoms. The average Bonchev–Trinajstić information content (AvgIpc) is 2.67. The van der Waals surface area contributed by atoms with E-state index in [1.54, 1.807) is 13.2 Å². The maximum Gasteiger partial charge on any atom is 0.130 e. The topological polar surface area (TPSA) is 60.0 Å². The third-order valence-corrected chi connectivity index (χ3v) is 3.87. The summed E-state index contributed by atoms with van der Waals surface area (Å²) in [5.74, 6) is 0.637. The lowest BCUT2D eigenvalue weighted by atomic mass is 10.1. The van der Waals surface area contributed by atoms with Crippen LogP contribution in [0.25, 0.3) is 6.08 Å². The van der Waals surface area contributed by atoms with Gasteiger partial charge in [-0.3, -0.25) is 0 Å². The Hall–Kier alpha value is -3.24. The van der Waals surface area contributed by atoms with Crippen molar-refractivity contribution in [1.29, 1.82) is 10.5 Å². The Kier molecular flexibility index (Phi) is 6.63. The fourth-order valence-corrected chi connectivity index (χ4v) is 2.56. The van der Waals surface area contributed by atoms with Gasteiger partial charge in [-0.05, 0) is 36.8 Å². The number of methoxy groups -OCH3 is 1. The van der Waals surface area contributed by atoms with Gasteiger partial charge in [0.2, 0.25) is 0 Å². The molecule has 0 aliphatic rings. The van der Waals surface area contributed by atoms with E-state index in [1.807, 2.05) is 48.5 Å². The molecular formula is C21H21N3O. The molecule has 0 fully saturated rings. The molecule has 2 aromatic rings. The molecule has 0 N–H and O–H groups in total. The van der Waals surface area contributed by atoms with Crippen LogP contribution in [0.2, 0.25) is 0 Å². The summed E-state index contributed by atoms with van der Waals surface area (Å²) >= 11 is 0. The second kappa shape index (κ2) is 9.15. The van der Waals surface area contributed by atoms with Gasteiger partial charge in [0.15, 0.2) is 0 Å². The first-order valence-electron chi connectivity index (χ1n) is 8.26. The molecule has 2 aromatic carbocycles. The maximum atomic E-state index is 8.95. The number of nitrogens with zero attached hydrogens (tertiary/aromatic N) is 3. The third kappa shape index (κ3) is 4.62. The van der Waals surface area contributed by atoms with E-state index >= 15 is 0 Å². The van der Waals surface area contributed by atoms with Gasteiger partial charge in [0, 0.05) is 29.5 Å². The Morgan fingerprint density at radius 2 is 1.80 bits per heavy atom. The van der Waals surface area contributed by atoms with Crippen molar-refractivity contribution in [1.82, 2.24) is 0 Å². The highest BCUT2D eigenvalue weighted by Gasteiger charge is 2.12. The Morgan fingerprint density at radius 3 is 2.40 bits per heavy atom. The Labute approximate surface area is 149 Å². The van der Waals surface area contributed by atoms with Crippen molar-refractivity contribution < 1.29 is 4.74 Å². The molecule has 0 unspecified atom stereocenters. The van der Waals surface area contributed by atoms with Crippen LogP contribution in [0.5, 0.6) is 5.75 Å². The predicted octanol–water partition coefficient (Wildman–Crippen LogP) is 5.06. The summed E-state index contributed by atoms with van der Waals surface area (Å²) < 4.78 is 5.48. The summed E-state index contributed by atoms with van der Waals surface area (Å²) in [5, 5.41) is 17.9. The maximum absolute atomic E-state index is 8.95. The number of hydrogen-bond donors (Lipinski definition) is 0. The zero-order chi connectivity index (χ0) is 18.1. The van der Waals surface area contributed by atoms with Crippen LogP contribution >= 0.6 is 0 Å². The molecule has 4 heteroatoms. The molecule has 0 saturated carbocycles. The Morgan fingerprint density at radius 1 is 1.08 bits per heavy atom. The van der Waals surface area contributed by atoms with Crippen molar-refractivity contribution in [2.45, 2.75) is 19.8 Å². The van der Waals surface area contributed by atoms with Crippen molar-refractivity contribution in [2.75, 3.05) is 18.6 Å². The molecule has 0 saturated heterocycles. The second-order valence-corrected chi connectivity index (χ2v) is 5.55. The van der Waals surface area contributed by atoms with Gasteiger partial charge in [-0.1, -0.05) is 31.5 Å². The fraction of sp³-hybridized carbons (Fsp3) is 0.238. The normalized spacial score (nSPS) is 9.60. The van der Waals surface area contributed by atoms with Crippen molar-refractivity contribution in [3.63, 3.8) is 0 Å². The molecule has 0 spiro atoms. The standard InChI is InChI=1S/C21H21N3O/c1-3-4-12-24(19-8-6-5-7-9-19)20-11-10-18(21(14-20)25-2)13-17(15-22)16-23/h5-11,13-14H,3-4,12H2,1-2H3. The van der Waals surface area contributed by atoms with E-state index in [1.165, 1.54) is 0 Å². The number of para-hydroxylation sites is 1. The van der Waals surface area contributed by atoms with Crippen LogP contribution in [0, 0.1) is 22.7 Å². The number of allylic oxidation sites excluding steroid dienone is 1. The van der Waals surface area contributed by atoms with Gasteiger partial charge in [0.05, 0.1) is 7.11 Å². The zero-order valence-electron chi connectivity index (χ0n) is 14.6. The molecule has 0 bridgehead atoms. The first-order valence-corrected chi connectivity index (χ1v) is 8.26. The van der Waals surface area contributed by atoms with Crippen molar-refractivity contribution in [3.05, 3.63) is 59.7 Å². The summed E-state index contributed by atoms with van der Waals surface area (Å²) in [7, 11) is 1.59. The van der Waals surface area contributed by atoms with Crippen LogP contribution in [0.3, 0.4) is 0 Å². The summed E-state index contributed by atoms with van der Waals surface area (Å²) in [6.45, 7) is 3.07. The molecule has 4 nitrogen and oxygen atoms in total. The van der Waals surface area contributed by atoms with Gasteiger partial charge in [-0.25, -0.2) is 0 Å². The number of unbranched alkanes of at least 4 members (excludes halogenated alkanes) is 1. The van der Waals surface area contributed by atoms with Crippen molar-refractivity contribution in [3.8, 4) is 17.9 Å². The van der Waals surface area contributed by atoms with E-state index in [9.17, 15) is 0 Å². The Balaban J connectivity index is 2.44. The number of hydrogen-bond acceptors (Lipinski definition) is 4. The zero-order valence-corrected chi connectivity index (χ0v) is 14.6. The SMILES string of the molecule is CCCCN(c1ccccc1)c1ccc(C=C(C#N)C#N)c(OC)c1. The summed E-state index contributed by atoms with van der Waals surface area (Å²) in [6, 6.07) is 19.8.